The van der Waals surface area contributed by atoms with Gasteiger partial charge in [0.2, 0.25) is 0 Å². The van der Waals surface area contributed by atoms with Gasteiger partial charge in [-0.3, -0.25) is 0 Å². The van der Waals surface area contributed by atoms with Gasteiger partial charge >= 0.3 is 0 Å². The van der Waals surface area contributed by atoms with Crippen LogP contribution in [0.5, 0.6) is 0 Å². The van der Waals surface area contributed by atoms with Crippen LogP contribution in [0.3, 0.4) is 0 Å². The molecular formula is C14H23N3. The van der Waals surface area contributed by atoms with Crippen LogP contribution in [-0.2, 0) is 0 Å². The maximum Gasteiger partial charge on any atom is 0.128 e. The van der Waals surface area contributed by atoms with Gasteiger partial charge in [0.05, 0.1) is 0 Å². The predicted octanol–water partition coefficient (Wildman–Crippen LogP) is 2.58. The van der Waals surface area contributed by atoms with Crippen molar-refractivity contribution in [3.63, 3.8) is 0 Å². The van der Waals surface area contributed by atoms with Crippen LogP contribution in [0.4, 0.5) is 5.82 Å². The number of anilines is 1. The molecule has 2 heterocycles. The summed E-state index contributed by atoms with van der Waals surface area (Å²) in [5.41, 5.74) is 7.08. The maximum atomic E-state index is 5.91. The summed E-state index contributed by atoms with van der Waals surface area (Å²) in [6, 6.07) is 4.22. The first-order valence-electron chi connectivity index (χ1n) is 6.54. The molecule has 0 saturated carbocycles. The number of pyridine rings is 1. The van der Waals surface area contributed by atoms with Gasteiger partial charge in [0, 0.05) is 25.3 Å². The van der Waals surface area contributed by atoms with E-state index in [9.17, 15) is 0 Å². The normalized spacial score (nSPS) is 22.2. The first-order chi connectivity index (χ1) is 8.08. The van der Waals surface area contributed by atoms with Gasteiger partial charge in [-0.25, -0.2) is 4.98 Å². The molecule has 0 amide bonds. The summed E-state index contributed by atoms with van der Waals surface area (Å²) in [5.74, 6) is 2.65. The van der Waals surface area contributed by atoms with E-state index in [0.29, 0.717) is 0 Å². The van der Waals surface area contributed by atoms with Gasteiger partial charge in [0.15, 0.2) is 0 Å². The van der Waals surface area contributed by atoms with Crippen molar-refractivity contribution in [2.75, 3.05) is 18.0 Å². The van der Waals surface area contributed by atoms with Gasteiger partial charge < -0.3 is 10.6 Å². The zero-order valence-electron chi connectivity index (χ0n) is 11.1. The van der Waals surface area contributed by atoms with Crippen LogP contribution in [0, 0.1) is 11.8 Å². The Bertz CT molecular complexity index is 373. The SMILES string of the molecule is CC(N)c1ccnc(N2CCC(C(C)C)C2)c1. The number of nitrogens with two attached hydrogens (primary N) is 1. The van der Waals surface area contributed by atoms with E-state index in [0.717, 1.165) is 30.7 Å². The first kappa shape index (κ1) is 12.4. The van der Waals surface area contributed by atoms with E-state index in [-0.39, 0.29) is 6.04 Å². The average molecular weight is 233 g/mol. The third-order valence-corrected chi connectivity index (χ3v) is 3.79. The third kappa shape index (κ3) is 2.78. The standard InChI is InChI=1S/C14H23N3/c1-10(2)13-5-7-17(9-13)14-8-12(11(3)15)4-6-16-14/h4,6,8,10-11,13H,5,7,9,15H2,1-3H3. The first-order valence-corrected chi connectivity index (χ1v) is 6.54. The molecule has 0 aliphatic carbocycles. The largest absolute Gasteiger partial charge is 0.356 e. The molecule has 2 atom stereocenters. The zero-order chi connectivity index (χ0) is 12.4. The number of hydrogen-bond donors (Lipinski definition) is 1. The minimum atomic E-state index is 0.0836. The Kier molecular flexibility index (Phi) is 3.67. The van der Waals surface area contributed by atoms with Crippen molar-refractivity contribution < 1.29 is 0 Å². The van der Waals surface area contributed by atoms with Crippen LogP contribution < -0.4 is 10.6 Å². The molecule has 1 aromatic rings. The second-order valence-electron chi connectivity index (χ2n) is 5.47. The van der Waals surface area contributed by atoms with Crippen molar-refractivity contribution in [3.05, 3.63) is 23.9 Å². The average Bonchev–Trinajstić information content (AvgIpc) is 2.78. The molecule has 3 nitrogen and oxygen atoms in total. The molecule has 1 aromatic heterocycles. The molecule has 0 radical (unpaired) electrons. The summed E-state index contributed by atoms with van der Waals surface area (Å²) >= 11 is 0. The van der Waals surface area contributed by atoms with E-state index in [1.54, 1.807) is 0 Å². The Balaban J connectivity index is 2.11. The second-order valence-corrected chi connectivity index (χ2v) is 5.47. The van der Waals surface area contributed by atoms with E-state index in [1.165, 1.54) is 12.0 Å². The quantitative estimate of drug-likeness (QED) is 0.872. The smallest absolute Gasteiger partial charge is 0.128 e. The van der Waals surface area contributed by atoms with E-state index in [4.69, 9.17) is 5.73 Å². The highest BCUT2D eigenvalue weighted by Gasteiger charge is 2.25. The summed E-state index contributed by atoms with van der Waals surface area (Å²) < 4.78 is 0. The predicted molar refractivity (Wildman–Crippen MR) is 72.0 cm³/mol. The summed E-state index contributed by atoms with van der Waals surface area (Å²) in [4.78, 5) is 6.85. The molecule has 2 rings (SSSR count). The van der Waals surface area contributed by atoms with E-state index in [2.05, 4.69) is 29.8 Å². The van der Waals surface area contributed by atoms with E-state index < -0.39 is 0 Å². The molecule has 3 heteroatoms. The zero-order valence-corrected chi connectivity index (χ0v) is 11.1. The highest BCUT2D eigenvalue weighted by Crippen LogP contribution is 2.27. The van der Waals surface area contributed by atoms with Gasteiger partial charge in [-0.05, 0) is 42.9 Å². The summed E-state index contributed by atoms with van der Waals surface area (Å²) in [5, 5.41) is 0. The highest BCUT2D eigenvalue weighted by atomic mass is 15.2. The minimum absolute atomic E-state index is 0.0836. The Morgan fingerprint density at radius 1 is 1.41 bits per heavy atom. The lowest BCUT2D eigenvalue weighted by atomic mass is 9.95. The molecule has 0 aromatic carbocycles. The van der Waals surface area contributed by atoms with Crippen LogP contribution in [0.15, 0.2) is 18.3 Å². The lowest BCUT2D eigenvalue weighted by Crippen LogP contribution is -2.22. The van der Waals surface area contributed by atoms with Crippen LogP contribution >= 0.6 is 0 Å². The molecule has 1 saturated heterocycles. The maximum absolute atomic E-state index is 5.91. The summed E-state index contributed by atoms with van der Waals surface area (Å²) in [7, 11) is 0. The Morgan fingerprint density at radius 2 is 2.18 bits per heavy atom. The molecule has 1 aliphatic heterocycles. The molecule has 0 bridgehead atoms. The number of aromatic nitrogens is 1. The fourth-order valence-electron chi connectivity index (χ4n) is 2.43. The number of nitrogens with zero attached hydrogens (tertiary/aromatic N) is 2. The molecular weight excluding hydrogens is 210 g/mol. The molecule has 1 fully saturated rings. The van der Waals surface area contributed by atoms with Gasteiger partial charge in [0.25, 0.3) is 0 Å². The lowest BCUT2D eigenvalue weighted by molar-refractivity contribution is 0.422. The van der Waals surface area contributed by atoms with Gasteiger partial charge in [-0.2, -0.15) is 0 Å². The molecule has 94 valence electrons. The van der Waals surface area contributed by atoms with Gasteiger partial charge in [-0.1, -0.05) is 13.8 Å². The van der Waals surface area contributed by atoms with E-state index in [1.807, 2.05) is 19.2 Å². The van der Waals surface area contributed by atoms with Crippen molar-refractivity contribution in [3.8, 4) is 0 Å². The fourth-order valence-corrected chi connectivity index (χ4v) is 2.43. The highest BCUT2D eigenvalue weighted by molar-refractivity contribution is 5.42. The van der Waals surface area contributed by atoms with Crippen molar-refractivity contribution in [2.45, 2.75) is 33.2 Å². The number of rotatable bonds is 3. The van der Waals surface area contributed by atoms with Crippen molar-refractivity contribution in [2.24, 2.45) is 17.6 Å². The molecule has 0 spiro atoms. The summed E-state index contributed by atoms with van der Waals surface area (Å²) in [6.45, 7) is 8.88. The third-order valence-electron chi connectivity index (χ3n) is 3.79. The van der Waals surface area contributed by atoms with Crippen molar-refractivity contribution in [1.82, 2.24) is 4.98 Å². The molecule has 17 heavy (non-hydrogen) atoms. The van der Waals surface area contributed by atoms with Gasteiger partial charge in [0.1, 0.15) is 5.82 Å². The van der Waals surface area contributed by atoms with Crippen LogP contribution in [-0.4, -0.2) is 18.1 Å². The van der Waals surface area contributed by atoms with Crippen LogP contribution in [0.2, 0.25) is 0 Å². The summed E-state index contributed by atoms with van der Waals surface area (Å²) in [6.07, 6.45) is 3.15. The van der Waals surface area contributed by atoms with E-state index >= 15 is 0 Å². The second kappa shape index (κ2) is 5.05. The van der Waals surface area contributed by atoms with Crippen molar-refractivity contribution >= 4 is 5.82 Å². The number of hydrogen-bond acceptors (Lipinski definition) is 3. The topological polar surface area (TPSA) is 42.1 Å². The minimum Gasteiger partial charge on any atom is -0.356 e. The molecule has 1 aliphatic rings. The van der Waals surface area contributed by atoms with Crippen LogP contribution in [0.1, 0.15) is 38.8 Å². The Morgan fingerprint density at radius 3 is 2.76 bits per heavy atom. The van der Waals surface area contributed by atoms with Crippen molar-refractivity contribution in [1.29, 1.82) is 0 Å². The molecule has 2 unspecified atom stereocenters. The molecule has 2 N–H and O–H groups in total. The monoisotopic (exact) mass is 233 g/mol. The lowest BCUT2D eigenvalue weighted by Gasteiger charge is -2.20. The van der Waals surface area contributed by atoms with Crippen LogP contribution in [0.25, 0.3) is 0 Å². The Labute approximate surface area is 104 Å². The Hall–Kier alpha value is -1.09. The van der Waals surface area contributed by atoms with Gasteiger partial charge in [-0.15, -0.1) is 0 Å². The fraction of sp³-hybridized carbons (Fsp3) is 0.643.